The summed E-state index contributed by atoms with van der Waals surface area (Å²) in [5.41, 5.74) is 1.21. The SMILES string of the molecule is S=C(SC1CCCCC1)c1ccccc1. The fourth-order valence-corrected chi connectivity index (χ4v) is 3.66. The van der Waals surface area contributed by atoms with E-state index >= 15 is 0 Å². The van der Waals surface area contributed by atoms with Gasteiger partial charge in [0.25, 0.3) is 0 Å². The summed E-state index contributed by atoms with van der Waals surface area (Å²) in [7, 11) is 0. The van der Waals surface area contributed by atoms with Crippen molar-refractivity contribution in [2.45, 2.75) is 37.4 Å². The van der Waals surface area contributed by atoms with Gasteiger partial charge in [-0.1, -0.05) is 61.8 Å². The molecule has 0 amide bonds. The van der Waals surface area contributed by atoms with Gasteiger partial charge in [0.1, 0.15) is 0 Å². The first-order chi connectivity index (χ1) is 7.36. The molecule has 80 valence electrons. The van der Waals surface area contributed by atoms with Crippen molar-refractivity contribution in [1.82, 2.24) is 0 Å². The minimum Gasteiger partial charge on any atom is -0.111 e. The molecule has 15 heavy (non-hydrogen) atoms. The van der Waals surface area contributed by atoms with Crippen molar-refractivity contribution < 1.29 is 0 Å². The zero-order valence-corrected chi connectivity index (χ0v) is 10.4. The predicted octanol–water partition coefficient (Wildman–Crippen LogP) is 4.43. The molecule has 2 heteroatoms. The maximum Gasteiger partial charge on any atom is 0.0780 e. The van der Waals surface area contributed by atoms with Crippen LogP contribution in [0.3, 0.4) is 0 Å². The van der Waals surface area contributed by atoms with Gasteiger partial charge in [0.2, 0.25) is 0 Å². The highest BCUT2D eigenvalue weighted by Gasteiger charge is 2.16. The highest BCUT2D eigenvalue weighted by Crippen LogP contribution is 2.30. The molecule has 0 aliphatic heterocycles. The summed E-state index contributed by atoms with van der Waals surface area (Å²) in [5, 5.41) is 0.770. The summed E-state index contributed by atoms with van der Waals surface area (Å²) in [6.07, 6.45) is 6.87. The first-order valence-corrected chi connectivity index (χ1v) is 6.91. The first kappa shape index (κ1) is 11.2. The maximum absolute atomic E-state index is 5.46. The molecule has 1 aliphatic carbocycles. The Labute approximate surface area is 101 Å². The quantitative estimate of drug-likeness (QED) is 0.697. The van der Waals surface area contributed by atoms with Crippen molar-refractivity contribution in [2.24, 2.45) is 0 Å². The Kier molecular flexibility index (Phi) is 4.21. The summed E-state index contributed by atoms with van der Waals surface area (Å²) < 4.78 is 1.07. The van der Waals surface area contributed by atoms with Crippen molar-refractivity contribution in [3.8, 4) is 0 Å². The topological polar surface area (TPSA) is 0 Å². The van der Waals surface area contributed by atoms with Gasteiger partial charge in [-0.2, -0.15) is 0 Å². The molecule has 1 aromatic carbocycles. The second-order valence-electron chi connectivity index (χ2n) is 4.03. The summed E-state index contributed by atoms with van der Waals surface area (Å²) in [6, 6.07) is 10.4. The van der Waals surface area contributed by atoms with E-state index in [9.17, 15) is 0 Å². The number of thioether (sulfide) groups is 1. The first-order valence-electron chi connectivity index (χ1n) is 5.62. The van der Waals surface area contributed by atoms with Gasteiger partial charge in [-0.3, -0.25) is 0 Å². The van der Waals surface area contributed by atoms with E-state index in [1.165, 1.54) is 37.7 Å². The predicted molar refractivity (Wildman–Crippen MR) is 72.6 cm³/mol. The fraction of sp³-hybridized carbons (Fsp3) is 0.462. The van der Waals surface area contributed by atoms with Crippen molar-refractivity contribution in [3.63, 3.8) is 0 Å². The average Bonchev–Trinajstić information content (AvgIpc) is 2.31. The third-order valence-electron chi connectivity index (χ3n) is 2.84. The Bertz CT molecular complexity index is 313. The van der Waals surface area contributed by atoms with Crippen molar-refractivity contribution in [2.75, 3.05) is 0 Å². The molecule has 0 nitrogen and oxygen atoms in total. The Morgan fingerprint density at radius 2 is 1.73 bits per heavy atom. The van der Waals surface area contributed by atoms with E-state index in [-0.39, 0.29) is 0 Å². The van der Waals surface area contributed by atoms with E-state index in [1.54, 1.807) is 0 Å². The fourth-order valence-electron chi connectivity index (χ4n) is 1.98. The molecular formula is C13H16S2. The van der Waals surface area contributed by atoms with Crippen LogP contribution in [-0.2, 0) is 0 Å². The van der Waals surface area contributed by atoms with Crippen molar-refractivity contribution in [1.29, 1.82) is 0 Å². The summed E-state index contributed by atoms with van der Waals surface area (Å²) in [6.45, 7) is 0. The molecule has 0 atom stereocenters. The summed E-state index contributed by atoms with van der Waals surface area (Å²) >= 11 is 7.37. The van der Waals surface area contributed by atoms with E-state index in [1.807, 2.05) is 17.8 Å². The molecule has 0 radical (unpaired) electrons. The molecule has 0 bridgehead atoms. The van der Waals surface area contributed by atoms with Crippen LogP contribution in [0.25, 0.3) is 0 Å². The molecule has 0 unspecified atom stereocenters. The lowest BCUT2D eigenvalue weighted by molar-refractivity contribution is 0.517. The molecular weight excluding hydrogens is 220 g/mol. The number of thiocarbonyl (C=S) groups is 1. The second kappa shape index (κ2) is 5.66. The van der Waals surface area contributed by atoms with Gasteiger partial charge in [-0.05, 0) is 18.4 Å². The highest BCUT2D eigenvalue weighted by molar-refractivity contribution is 8.24. The van der Waals surface area contributed by atoms with Gasteiger partial charge in [0.05, 0.1) is 4.20 Å². The van der Waals surface area contributed by atoms with E-state index < -0.39 is 0 Å². The average molecular weight is 236 g/mol. The van der Waals surface area contributed by atoms with Crippen LogP contribution in [0.1, 0.15) is 37.7 Å². The summed E-state index contributed by atoms with van der Waals surface area (Å²) in [4.78, 5) is 0. The van der Waals surface area contributed by atoms with Crippen molar-refractivity contribution in [3.05, 3.63) is 35.9 Å². The minimum atomic E-state index is 0.770. The van der Waals surface area contributed by atoms with Crippen LogP contribution in [0.15, 0.2) is 30.3 Å². The zero-order chi connectivity index (χ0) is 10.5. The molecule has 0 spiro atoms. The van der Waals surface area contributed by atoms with Gasteiger partial charge >= 0.3 is 0 Å². The Morgan fingerprint density at radius 3 is 2.40 bits per heavy atom. The van der Waals surface area contributed by atoms with Crippen LogP contribution in [0.5, 0.6) is 0 Å². The van der Waals surface area contributed by atoms with Gasteiger partial charge in [-0.15, -0.1) is 11.8 Å². The van der Waals surface area contributed by atoms with E-state index in [0.717, 1.165) is 9.45 Å². The third kappa shape index (κ3) is 3.32. The summed E-state index contributed by atoms with van der Waals surface area (Å²) in [5.74, 6) is 0. The van der Waals surface area contributed by atoms with E-state index in [2.05, 4.69) is 24.3 Å². The van der Waals surface area contributed by atoms with Crippen LogP contribution in [0.4, 0.5) is 0 Å². The highest BCUT2D eigenvalue weighted by atomic mass is 32.2. The molecule has 1 fully saturated rings. The molecule has 0 saturated heterocycles. The minimum absolute atomic E-state index is 0.770. The number of benzene rings is 1. The van der Waals surface area contributed by atoms with Crippen molar-refractivity contribution >= 4 is 28.2 Å². The lowest BCUT2D eigenvalue weighted by atomic mass is 10.0. The Hall–Kier alpha value is -0.340. The second-order valence-corrected chi connectivity index (χ2v) is 6.01. The van der Waals surface area contributed by atoms with E-state index in [0.29, 0.717) is 0 Å². The maximum atomic E-state index is 5.46. The van der Waals surface area contributed by atoms with Gasteiger partial charge in [-0.25, -0.2) is 0 Å². The monoisotopic (exact) mass is 236 g/mol. The molecule has 0 N–H and O–H groups in total. The van der Waals surface area contributed by atoms with Crippen LogP contribution < -0.4 is 0 Å². The lowest BCUT2D eigenvalue weighted by Gasteiger charge is -2.21. The van der Waals surface area contributed by atoms with Gasteiger partial charge in [0.15, 0.2) is 0 Å². The molecule has 0 aromatic heterocycles. The smallest absolute Gasteiger partial charge is 0.0780 e. The largest absolute Gasteiger partial charge is 0.111 e. The molecule has 2 rings (SSSR count). The van der Waals surface area contributed by atoms with Crippen LogP contribution in [-0.4, -0.2) is 9.45 Å². The normalized spacial score (nSPS) is 17.6. The van der Waals surface area contributed by atoms with Gasteiger partial charge < -0.3 is 0 Å². The molecule has 1 aliphatic rings. The Balaban J connectivity index is 1.91. The van der Waals surface area contributed by atoms with Crippen LogP contribution in [0.2, 0.25) is 0 Å². The standard InChI is InChI=1S/C13H16S2/c14-13(11-7-3-1-4-8-11)15-12-9-5-2-6-10-12/h1,3-4,7-8,12H,2,5-6,9-10H2. The lowest BCUT2D eigenvalue weighted by Crippen LogP contribution is -2.10. The third-order valence-corrected chi connectivity index (χ3v) is 4.61. The van der Waals surface area contributed by atoms with E-state index in [4.69, 9.17) is 12.2 Å². The van der Waals surface area contributed by atoms with Gasteiger partial charge in [0, 0.05) is 5.25 Å². The Morgan fingerprint density at radius 1 is 1.07 bits per heavy atom. The number of hydrogen-bond donors (Lipinski definition) is 0. The molecule has 1 aromatic rings. The number of rotatable bonds is 2. The molecule has 1 saturated carbocycles. The number of hydrogen-bond acceptors (Lipinski definition) is 2. The van der Waals surface area contributed by atoms with Crippen LogP contribution in [0, 0.1) is 0 Å². The zero-order valence-electron chi connectivity index (χ0n) is 8.82. The van der Waals surface area contributed by atoms with Crippen LogP contribution >= 0.6 is 24.0 Å². The molecule has 0 heterocycles.